The molecule has 25 heavy (non-hydrogen) atoms. The number of phenols is 1. The highest BCUT2D eigenvalue weighted by Crippen LogP contribution is 2.23. The number of rotatable bonds is 5. The number of amides is 2. The fourth-order valence-corrected chi connectivity index (χ4v) is 2.65. The second kappa shape index (κ2) is 6.76. The number of fused-ring (bicyclic) bond motifs is 1. The minimum Gasteiger partial charge on any atom is -0.508 e. The van der Waals surface area contributed by atoms with Crippen LogP contribution in [-0.2, 0) is 25.6 Å². The molecule has 0 atom stereocenters. The van der Waals surface area contributed by atoms with Gasteiger partial charge in [-0.15, -0.1) is 5.06 Å². The number of phenolic OH excluding ortho intramolecular Hbond substituents is 1. The third kappa shape index (κ3) is 3.68. The number of carbonyl (C=O) groups is 3. The maximum atomic E-state index is 11.8. The monoisotopic (exact) mass is 345 g/mol. The summed E-state index contributed by atoms with van der Waals surface area (Å²) in [6.07, 6.45) is 0.824. The molecular formula is C17H15NO7. The van der Waals surface area contributed by atoms with Crippen LogP contribution >= 0.6 is 0 Å². The molecule has 1 saturated heterocycles. The van der Waals surface area contributed by atoms with Crippen molar-refractivity contribution in [2.24, 2.45) is 0 Å². The Morgan fingerprint density at radius 2 is 1.88 bits per heavy atom. The molecule has 0 saturated carbocycles. The summed E-state index contributed by atoms with van der Waals surface area (Å²) in [5.41, 5.74) is 0.384. The van der Waals surface area contributed by atoms with Crippen molar-refractivity contribution in [2.75, 3.05) is 0 Å². The lowest BCUT2D eigenvalue weighted by atomic mass is 10.0. The third-order valence-corrected chi connectivity index (χ3v) is 3.84. The third-order valence-electron chi connectivity index (χ3n) is 3.84. The molecule has 2 amide bonds. The fraction of sp³-hybridized carbons (Fsp3) is 0.294. The molecule has 1 aromatic heterocycles. The van der Waals surface area contributed by atoms with Crippen molar-refractivity contribution in [1.29, 1.82) is 0 Å². The summed E-state index contributed by atoms with van der Waals surface area (Å²) >= 11 is 0. The molecular weight excluding hydrogens is 330 g/mol. The molecule has 1 N–H and O–H groups in total. The highest BCUT2D eigenvalue weighted by atomic mass is 16.7. The molecule has 1 fully saturated rings. The lowest BCUT2D eigenvalue weighted by molar-refractivity contribution is -0.197. The van der Waals surface area contributed by atoms with Gasteiger partial charge in [-0.3, -0.25) is 9.59 Å². The van der Waals surface area contributed by atoms with E-state index in [1.165, 1.54) is 18.2 Å². The molecule has 0 radical (unpaired) electrons. The van der Waals surface area contributed by atoms with Gasteiger partial charge in [-0.05, 0) is 30.5 Å². The van der Waals surface area contributed by atoms with Gasteiger partial charge in [0, 0.05) is 36.8 Å². The number of carbonyl (C=O) groups excluding carboxylic acids is 3. The molecule has 0 spiro atoms. The predicted octanol–water partition coefficient (Wildman–Crippen LogP) is 1.43. The number of imide groups is 1. The van der Waals surface area contributed by atoms with Gasteiger partial charge in [0.2, 0.25) is 0 Å². The SMILES string of the molecule is O=C(CCCc1cc(=O)oc2cc(O)ccc12)ON1C(=O)CCC1=O. The molecule has 8 nitrogen and oxygen atoms in total. The van der Waals surface area contributed by atoms with Crippen LogP contribution in [0.25, 0.3) is 11.0 Å². The molecule has 1 aliphatic heterocycles. The van der Waals surface area contributed by atoms with Crippen LogP contribution in [0.15, 0.2) is 33.5 Å². The number of aromatic hydroxyl groups is 1. The highest BCUT2D eigenvalue weighted by molar-refractivity contribution is 6.01. The summed E-state index contributed by atoms with van der Waals surface area (Å²) in [7, 11) is 0. The van der Waals surface area contributed by atoms with Crippen molar-refractivity contribution in [1.82, 2.24) is 5.06 Å². The van der Waals surface area contributed by atoms with Crippen LogP contribution < -0.4 is 5.63 Å². The van der Waals surface area contributed by atoms with Gasteiger partial charge in [0.1, 0.15) is 11.3 Å². The van der Waals surface area contributed by atoms with E-state index >= 15 is 0 Å². The van der Waals surface area contributed by atoms with Crippen LogP contribution in [0.5, 0.6) is 5.75 Å². The molecule has 0 unspecified atom stereocenters. The van der Waals surface area contributed by atoms with E-state index in [-0.39, 0.29) is 30.6 Å². The number of benzene rings is 1. The quantitative estimate of drug-likeness (QED) is 0.644. The minimum absolute atomic E-state index is 0.0170. The van der Waals surface area contributed by atoms with E-state index in [0.717, 1.165) is 0 Å². The molecule has 8 heteroatoms. The maximum Gasteiger partial charge on any atom is 0.336 e. The van der Waals surface area contributed by atoms with Crippen molar-refractivity contribution >= 4 is 28.8 Å². The number of hydroxylamine groups is 2. The Morgan fingerprint density at radius 1 is 1.16 bits per heavy atom. The van der Waals surface area contributed by atoms with E-state index in [2.05, 4.69) is 0 Å². The fourth-order valence-electron chi connectivity index (χ4n) is 2.65. The molecule has 2 aromatic rings. The minimum atomic E-state index is -0.687. The van der Waals surface area contributed by atoms with Crippen LogP contribution in [0.3, 0.4) is 0 Å². The van der Waals surface area contributed by atoms with E-state index in [4.69, 9.17) is 9.25 Å². The lowest BCUT2D eigenvalue weighted by Crippen LogP contribution is -2.32. The van der Waals surface area contributed by atoms with E-state index in [1.54, 1.807) is 6.07 Å². The molecule has 2 heterocycles. The molecule has 0 bridgehead atoms. The second-order valence-corrected chi connectivity index (χ2v) is 5.67. The van der Waals surface area contributed by atoms with Crippen molar-refractivity contribution in [2.45, 2.75) is 32.1 Å². The van der Waals surface area contributed by atoms with Gasteiger partial charge >= 0.3 is 11.6 Å². The van der Waals surface area contributed by atoms with Crippen molar-refractivity contribution in [3.05, 3.63) is 40.2 Å². The van der Waals surface area contributed by atoms with Crippen molar-refractivity contribution in [3.8, 4) is 5.75 Å². The van der Waals surface area contributed by atoms with Gasteiger partial charge in [0.25, 0.3) is 11.8 Å². The summed E-state index contributed by atoms with van der Waals surface area (Å²) in [5, 5.41) is 10.6. The Balaban J connectivity index is 1.63. The summed E-state index contributed by atoms with van der Waals surface area (Å²) in [6, 6.07) is 5.78. The summed E-state index contributed by atoms with van der Waals surface area (Å²) in [6.45, 7) is 0. The van der Waals surface area contributed by atoms with Crippen LogP contribution in [-0.4, -0.2) is 28.0 Å². The molecule has 130 valence electrons. The summed E-state index contributed by atoms with van der Waals surface area (Å²) in [5.74, 6) is -1.75. The Bertz CT molecular complexity index is 899. The Labute approximate surface area is 141 Å². The van der Waals surface area contributed by atoms with E-state index < -0.39 is 23.4 Å². The Morgan fingerprint density at radius 3 is 2.60 bits per heavy atom. The van der Waals surface area contributed by atoms with Crippen molar-refractivity contribution < 1.29 is 28.7 Å². The topological polar surface area (TPSA) is 114 Å². The molecule has 1 aromatic carbocycles. The second-order valence-electron chi connectivity index (χ2n) is 5.67. The molecule has 0 aliphatic carbocycles. The van der Waals surface area contributed by atoms with E-state index in [0.29, 0.717) is 28.9 Å². The first-order chi connectivity index (χ1) is 11.9. The predicted molar refractivity (Wildman–Crippen MR) is 84.3 cm³/mol. The first-order valence-electron chi connectivity index (χ1n) is 7.76. The van der Waals surface area contributed by atoms with Gasteiger partial charge in [-0.1, -0.05) is 0 Å². The van der Waals surface area contributed by atoms with Gasteiger partial charge < -0.3 is 14.4 Å². The maximum absolute atomic E-state index is 11.8. The summed E-state index contributed by atoms with van der Waals surface area (Å²) < 4.78 is 5.03. The van der Waals surface area contributed by atoms with Crippen LogP contribution in [0.1, 0.15) is 31.2 Å². The molecule has 1 aliphatic rings. The Hall–Kier alpha value is -3.16. The van der Waals surface area contributed by atoms with E-state index in [1.807, 2.05) is 0 Å². The lowest BCUT2D eigenvalue weighted by Gasteiger charge is -2.12. The number of hydrogen-bond acceptors (Lipinski definition) is 7. The van der Waals surface area contributed by atoms with Gasteiger partial charge in [0.05, 0.1) is 0 Å². The number of hydrogen-bond donors (Lipinski definition) is 1. The number of nitrogens with zero attached hydrogens (tertiary/aromatic N) is 1. The first-order valence-corrected chi connectivity index (χ1v) is 7.76. The smallest absolute Gasteiger partial charge is 0.336 e. The van der Waals surface area contributed by atoms with Crippen LogP contribution in [0.4, 0.5) is 0 Å². The van der Waals surface area contributed by atoms with E-state index in [9.17, 15) is 24.3 Å². The normalized spacial score (nSPS) is 14.3. The van der Waals surface area contributed by atoms with Gasteiger partial charge in [-0.2, -0.15) is 0 Å². The molecule has 3 rings (SSSR count). The highest BCUT2D eigenvalue weighted by Gasteiger charge is 2.32. The Kier molecular flexibility index (Phi) is 4.51. The standard InChI is InChI=1S/C17H15NO7/c19-11-4-5-12-10(8-17(23)24-13(12)9-11)2-1-3-16(22)25-18-14(20)6-7-15(18)21/h4-5,8-9,19H,1-3,6-7H2. The van der Waals surface area contributed by atoms with Crippen molar-refractivity contribution in [3.63, 3.8) is 0 Å². The average Bonchev–Trinajstić information content (AvgIpc) is 2.86. The zero-order chi connectivity index (χ0) is 18.0. The largest absolute Gasteiger partial charge is 0.508 e. The van der Waals surface area contributed by atoms with Crippen LogP contribution in [0, 0.1) is 0 Å². The first kappa shape index (κ1) is 16.7. The average molecular weight is 345 g/mol. The van der Waals surface area contributed by atoms with Gasteiger partial charge in [0.15, 0.2) is 0 Å². The zero-order valence-electron chi connectivity index (χ0n) is 13.2. The van der Waals surface area contributed by atoms with Crippen LogP contribution in [0.2, 0.25) is 0 Å². The summed E-state index contributed by atoms with van der Waals surface area (Å²) in [4.78, 5) is 50.9. The van der Waals surface area contributed by atoms with Gasteiger partial charge in [-0.25, -0.2) is 9.59 Å². The number of aryl methyl sites for hydroxylation is 1. The zero-order valence-corrected chi connectivity index (χ0v) is 13.2.